The number of para-hydroxylation sites is 1. The molecule has 3 atom stereocenters. The molecule has 1 aromatic heterocycles. The van der Waals surface area contributed by atoms with Crippen molar-refractivity contribution in [2.24, 2.45) is 10.7 Å². The number of nitrogens with two attached hydrogens (primary N) is 1. The molecule has 1 aliphatic carbocycles. The second-order valence-electron chi connectivity index (χ2n) is 7.82. The second-order valence-corrected chi connectivity index (χ2v) is 8.23. The van der Waals surface area contributed by atoms with Crippen molar-refractivity contribution < 1.29 is 9.53 Å². The summed E-state index contributed by atoms with van der Waals surface area (Å²) in [6.45, 7) is 0. The Balaban J connectivity index is 1.53. The largest absolute Gasteiger partial charge is 0.468 e. The van der Waals surface area contributed by atoms with E-state index in [4.69, 9.17) is 27.1 Å². The van der Waals surface area contributed by atoms with Crippen molar-refractivity contribution >= 4 is 34.2 Å². The summed E-state index contributed by atoms with van der Waals surface area (Å²) in [5.41, 5.74) is 8.47. The Kier molecular flexibility index (Phi) is 4.45. The van der Waals surface area contributed by atoms with Gasteiger partial charge in [-0.1, -0.05) is 48.0 Å². The number of aromatic nitrogens is 1. The molecule has 29 heavy (non-hydrogen) atoms. The Morgan fingerprint density at radius 3 is 2.90 bits per heavy atom. The molecule has 0 amide bonds. The first-order valence-electron chi connectivity index (χ1n) is 9.95. The summed E-state index contributed by atoms with van der Waals surface area (Å²) in [7, 11) is 0. The summed E-state index contributed by atoms with van der Waals surface area (Å²) in [4.78, 5) is 21.3. The van der Waals surface area contributed by atoms with Gasteiger partial charge in [-0.3, -0.25) is 4.79 Å². The summed E-state index contributed by atoms with van der Waals surface area (Å²) < 4.78 is 6.00. The molecule has 0 radical (unpaired) electrons. The monoisotopic (exact) mass is 407 g/mol. The molecule has 1 fully saturated rings. The van der Waals surface area contributed by atoms with Gasteiger partial charge in [0.2, 0.25) is 11.7 Å². The molecule has 0 spiro atoms. The van der Waals surface area contributed by atoms with E-state index in [1.165, 1.54) is 0 Å². The molecule has 2 unspecified atom stereocenters. The van der Waals surface area contributed by atoms with Gasteiger partial charge in [-0.25, -0.2) is 4.99 Å². The van der Waals surface area contributed by atoms with Crippen molar-refractivity contribution in [1.29, 1.82) is 0 Å². The number of H-pyrrole nitrogens is 1. The lowest BCUT2D eigenvalue weighted by molar-refractivity contribution is -0.137. The Bertz CT molecular complexity index is 1120. The number of carbonyl (C=O) groups is 1. The lowest BCUT2D eigenvalue weighted by atomic mass is 9.73. The third-order valence-corrected chi connectivity index (χ3v) is 6.35. The van der Waals surface area contributed by atoms with Gasteiger partial charge >= 0.3 is 0 Å². The maximum absolute atomic E-state index is 13.2. The van der Waals surface area contributed by atoms with Gasteiger partial charge in [-0.05, 0) is 43.4 Å². The van der Waals surface area contributed by atoms with E-state index < -0.39 is 17.7 Å². The Morgan fingerprint density at radius 2 is 2.03 bits per heavy atom. The van der Waals surface area contributed by atoms with Crippen molar-refractivity contribution in [3.05, 3.63) is 70.9 Å². The predicted octanol–water partition coefficient (Wildman–Crippen LogP) is 4.14. The molecule has 1 aliphatic heterocycles. The highest BCUT2D eigenvalue weighted by Crippen LogP contribution is 2.44. The summed E-state index contributed by atoms with van der Waals surface area (Å²) in [6.07, 6.45) is 4.20. The minimum Gasteiger partial charge on any atom is -0.468 e. The van der Waals surface area contributed by atoms with Crippen LogP contribution in [0.15, 0.2) is 59.7 Å². The normalized spacial score (nSPS) is 24.8. The molecule has 6 heteroatoms. The second kappa shape index (κ2) is 7.01. The number of nitrogens with zero attached hydrogens (tertiary/aromatic N) is 1. The van der Waals surface area contributed by atoms with Gasteiger partial charge in [0.25, 0.3) is 0 Å². The Labute approximate surface area is 173 Å². The fourth-order valence-corrected chi connectivity index (χ4v) is 4.86. The summed E-state index contributed by atoms with van der Waals surface area (Å²) in [5.74, 6) is 0.430. The van der Waals surface area contributed by atoms with Gasteiger partial charge in [0.05, 0.1) is 6.04 Å². The minimum atomic E-state index is -0.993. The van der Waals surface area contributed by atoms with Crippen LogP contribution in [0.5, 0.6) is 0 Å². The van der Waals surface area contributed by atoms with E-state index in [9.17, 15) is 4.79 Å². The molecule has 2 bridgehead atoms. The van der Waals surface area contributed by atoms with Crippen LogP contribution >= 0.6 is 11.6 Å². The average molecular weight is 408 g/mol. The highest BCUT2D eigenvalue weighted by Gasteiger charge is 2.52. The van der Waals surface area contributed by atoms with Gasteiger partial charge in [-0.2, -0.15) is 0 Å². The molecular formula is C23H22ClN3O2. The molecular weight excluding hydrogens is 386 g/mol. The SMILES string of the molecule is NC(Cc1c[nH]c2ccccc12)C1=NC2(c3ccccc3Cl)CCC[C@H](O1)C2=O. The number of aromatic amines is 1. The predicted molar refractivity (Wildman–Crippen MR) is 114 cm³/mol. The number of Topliss-reactive ketones (excluding diaryl/α,β-unsaturated/α-hetero) is 1. The maximum Gasteiger partial charge on any atom is 0.205 e. The van der Waals surface area contributed by atoms with Crippen LogP contribution < -0.4 is 5.73 Å². The minimum absolute atomic E-state index is 0.0140. The first-order valence-corrected chi connectivity index (χ1v) is 10.3. The molecule has 3 N–H and O–H groups in total. The summed E-state index contributed by atoms with van der Waals surface area (Å²) in [6, 6.07) is 15.1. The molecule has 5 rings (SSSR count). The van der Waals surface area contributed by atoms with Crippen molar-refractivity contribution in [3.8, 4) is 0 Å². The van der Waals surface area contributed by atoms with E-state index in [1.807, 2.05) is 42.6 Å². The molecule has 2 aromatic carbocycles. The molecule has 148 valence electrons. The van der Waals surface area contributed by atoms with Crippen LogP contribution in [-0.4, -0.2) is 28.8 Å². The average Bonchev–Trinajstić information content (AvgIpc) is 3.11. The molecule has 2 heterocycles. The van der Waals surface area contributed by atoms with Gasteiger partial charge in [0.15, 0.2) is 11.6 Å². The number of carbonyl (C=O) groups excluding carboxylic acids is 1. The lowest BCUT2D eigenvalue weighted by Gasteiger charge is -2.42. The number of benzene rings is 2. The number of hydrogen-bond acceptors (Lipinski definition) is 4. The molecule has 3 aromatic rings. The number of ether oxygens (including phenoxy) is 1. The standard InChI is InChI=1S/C23H22ClN3O2/c24-17-8-3-2-7-16(17)23-11-5-10-20(21(23)28)29-22(27-23)18(25)12-14-13-26-19-9-4-1-6-15(14)19/h1-4,6-9,13,18,20,26H,5,10-12,25H2/t18?,20-,23?/m0/s1. The third kappa shape index (κ3) is 2.96. The van der Waals surface area contributed by atoms with E-state index >= 15 is 0 Å². The smallest absolute Gasteiger partial charge is 0.205 e. The number of fused-ring (bicyclic) bond motifs is 3. The van der Waals surface area contributed by atoms with Crippen LogP contribution in [0, 0.1) is 0 Å². The lowest BCUT2D eigenvalue weighted by Crippen LogP contribution is -2.54. The van der Waals surface area contributed by atoms with Gasteiger partial charge in [-0.15, -0.1) is 0 Å². The van der Waals surface area contributed by atoms with Crippen molar-refractivity contribution in [1.82, 2.24) is 4.98 Å². The van der Waals surface area contributed by atoms with Crippen LogP contribution in [-0.2, 0) is 21.5 Å². The van der Waals surface area contributed by atoms with E-state index in [0.717, 1.165) is 28.5 Å². The van der Waals surface area contributed by atoms with E-state index in [1.54, 1.807) is 6.07 Å². The van der Waals surface area contributed by atoms with Crippen molar-refractivity contribution in [3.63, 3.8) is 0 Å². The first-order chi connectivity index (χ1) is 14.1. The summed E-state index contributed by atoms with van der Waals surface area (Å²) in [5, 5.41) is 1.69. The van der Waals surface area contributed by atoms with Crippen molar-refractivity contribution in [2.75, 3.05) is 0 Å². The van der Waals surface area contributed by atoms with E-state index in [0.29, 0.717) is 30.2 Å². The molecule has 5 nitrogen and oxygen atoms in total. The number of hydrogen-bond donors (Lipinski definition) is 2. The zero-order valence-electron chi connectivity index (χ0n) is 15.9. The van der Waals surface area contributed by atoms with Gasteiger partial charge in [0, 0.05) is 27.7 Å². The zero-order valence-corrected chi connectivity index (χ0v) is 16.7. The number of rotatable bonds is 4. The van der Waals surface area contributed by atoms with Crippen LogP contribution in [0.3, 0.4) is 0 Å². The molecule has 2 aliphatic rings. The quantitative estimate of drug-likeness (QED) is 0.682. The van der Waals surface area contributed by atoms with Gasteiger partial charge < -0.3 is 15.5 Å². The maximum atomic E-state index is 13.2. The van der Waals surface area contributed by atoms with Crippen molar-refractivity contribution in [2.45, 2.75) is 43.4 Å². The summed E-state index contributed by atoms with van der Waals surface area (Å²) >= 11 is 6.47. The van der Waals surface area contributed by atoms with Crippen LogP contribution in [0.25, 0.3) is 10.9 Å². The highest BCUT2D eigenvalue weighted by molar-refractivity contribution is 6.32. The highest BCUT2D eigenvalue weighted by atomic mass is 35.5. The number of halogens is 1. The van der Waals surface area contributed by atoms with Crippen LogP contribution in [0.1, 0.15) is 30.4 Å². The third-order valence-electron chi connectivity index (χ3n) is 6.02. The van der Waals surface area contributed by atoms with Gasteiger partial charge in [0.1, 0.15) is 0 Å². The number of aliphatic imine (C=N–C) groups is 1. The Morgan fingerprint density at radius 1 is 1.24 bits per heavy atom. The first kappa shape index (κ1) is 18.4. The molecule has 1 saturated carbocycles. The van der Waals surface area contributed by atoms with Crippen LogP contribution in [0.4, 0.5) is 0 Å². The fourth-order valence-electron chi connectivity index (χ4n) is 4.57. The topological polar surface area (TPSA) is 80.5 Å². The Hall–Kier alpha value is -2.63. The van der Waals surface area contributed by atoms with E-state index in [-0.39, 0.29) is 5.78 Å². The van der Waals surface area contributed by atoms with Crippen LogP contribution in [0.2, 0.25) is 5.02 Å². The number of nitrogens with one attached hydrogen (secondary N) is 1. The fraction of sp³-hybridized carbons (Fsp3) is 0.304. The zero-order chi connectivity index (χ0) is 20.0. The molecule has 0 saturated heterocycles. The van der Waals surface area contributed by atoms with E-state index in [2.05, 4.69) is 11.1 Å². The number of ketones is 1.